The van der Waals surface area contributed by atoms with E-state index < -0.39 is 0 Å². The molecule has 0 radical (unpaired) electrons. The molecule has 4 N–H and O–H groups in total. The van der Waals surface area contributed by atoms with Gasteiger partial charge in [-0.2, -0.15) is 0 Å². The van der Waals surface area contributed by atoms with Crippen LogP contribution in [0.1, 0.15) is 98.1 Å². The molecule has 0 spiro atoms. The van der Waals surface area contributed by atoms with E-state index in [1.165, 1.54) is 49.7 Å². The molecule has 2 saturated heterocycles. The van der Waals surface area contributed by atoms with Crippen LogP contribution in [-0.4, -0.2) is 43.2 Å². The first kappa shape index (κ1) is 24.7. The van der Waals surface area contributed by atoms with E-state index in [0.717, 1.165) is 82.4 Å². The Morgan fingerprint density at radius 2 is 1.24 bits per heavy atom. The second-order valence-corrected chi connectivity index (χ2v) is 12.7. The van der Waals surface area contributed by atoms with Crippen LogP contribution in [-0.2, 0) is 0 Å². The SMILES string of the molecule is c1cc(-c2nnc(-c3ccc4[nH]c([C@@H]5CCCN5)nc4c3)c3c2C2CCC3CC2)ccc1-c1cnc(C2CCCN2)[nH]1. The van der Waals surface area contributed by atoms with Crippen molar-refractivity contribution < 1.29 is 0 Å². The number of nitrogens with zero attached hydrogens (tertiary/aromatic N) is 4. The van der Waals surface area contributed by atoms with Crippen molar-refractivity contribution in [2.75, 3.05) is 13.1 Å². The van der Waals surface area contributed by atoms with Crippen LogP contribution in [0.3, 0.4) is 0 Å². The number of imidazole rings is 2. The normalized spacial score (nSPS) is 25.0. The fourth-order valence-corrected chi connectivity index (χ4v) is 8.03. The Morgan fingerprint density at radius 1 is 0.619 bits per heavy atom. The van der Waals surface area contributed by atoms with Crippen LogP contribution in [0, 0.1) is 0 Å². The van der Waals surface area contributed by atoms with Crippen LogP contribution >= 0.6 is 0 Å². The molecule has 3 fully saturated rings. The Morgan fingerprint density at radius 3 is 1.90 bits per heavy atom. The lowest BCUT2D eigenvalue weighted by atomic mass is 9.65. The topological polar surface area (TPSA) is 107 Å². The van der Waals surface area contributed by atoms with Crippen molar-refractivity contribution in [3.8, 4) is 33.8 Å². The summed E-state index contributed by atoms with van der Waals surface area (Å²) in [4.78, 5) is 16.7. The highest BCUT2D eigenvalue weighted by molar-refractivity contribution is 5.83. The highest BCUT2D eigenvalue weighted by atomic mass is 15.1. The van der Waals surface area contributed by atoms with Gasteiger partial charge in [0, 0.05) is 11.1 Å². The van der Waals surface area contributed by atoms with Gasteiger partial charge in [-0.1, -0.05) is 30.3 Å². The minimum Gasteiger partial charge on any atom is -0.341 e. The van der Waals surface area contributed by atoms with E-state index >= 15 is 0 Å². The van der Waals surface area contributed by atoms with Gasteiger partial charge in [0.2, 0.25) is 0 Å². The quantitative estimate of drug-likeness (QED) is 0.192. The van der Waals surface area contributed by atoms with Crippen molar-refractivity contribution in [3.05, 3.63) is 71.4 Å². The van der Waals surface area contributed by atoms with Crippen molar-refractivity contribution >= 4 is 11.0 Å². The average molecular weight is 557 g/mol. The molecular formula is C34H36N8. The predicted octanol–water partition coefficient (Wildman–Crippen LogP) is 6.68. The van der Waals surface area contributed by atoms with Crippen LogP contribution < -0.4 is 10.6 Å². The van der Waals surface area contributed by atoms with Crippen LogP contribution in [0.15, 0.2) is 48.7 Å². The number of H-pyrrole nitrogens is 2. The van der Waals surface area contributed by atoms with Crippen molar-refractivity contribution in [3.63, 3.8) is 0 Å². The summed E-state index contributed by atoms with van der Waals surface area (Å²) in [6, 6.07) is 16.1. The summed E-state index contributed by atoms with van der Waals surface area (Å²) < 4.78 is 0. The number of benzene rings is 2. The first-order valence-corrected chi connectivity index (χ1v) is 15.8. The third kappa shape index (κ3) is 4.03. The maximum Gasteiger partial charge on any atom is 0.124 e. The molecule has 2 bridgehead atoms. The van der Waals surface area contributed by atoms with E-state index in [-0.39, 0.29) is 0 Å². The number of fused-ring (bicyclic) bond motifs is 3. The van der Waals surface area contributed by atoms with Crippen molar-refractivity contribution in [1.82, 2.24) is 40.8 Å². The lowest BCUT2D eigenvalue weighted by Gasteiger charge is -2.40. The molecule has 1 saturated carbocycles. The molecule has 10 rings (SSSR count). The van der Waals surface area contributed by atoms with Crippen LogP contribution in [0.2, 0.25) is 0 Å². The predicted molar refractivity (Wildman–Crippen MR) is 164 cm³/mol. The summed E-state index contributed by atoms with van der Waals surface area (Å²) in [7, 11) is 0. The number of nitrogens with one attached hydrogen (secondary N) is 4. The number of hydrogen-bond donors (Lipinski definition) is 4. The van der Waals surface area contributed by atoms with Gasteiger partial charge in [0.15, 0.2) is 0 Å². The molecule has 2 aromatic carbocycles. The fourth-order valence-electron chi connectivity index (χ4n) is 8.03. The van der Waals surface area contributed by atoms with E-state index in [2.05, 4.69) is 68.1 Å². The Balaban J connectivity index is 1.08. The second-order valence-electron chi connectivity index (χ2n) is 12.7. The first-order valence-electron chi connectivity index (χ1n) is 15.8. The van der Waals surface area contributed by atoms with Gasteiger partial charge in [0.1, 0.15) is 11.6 Å². The molecule has 3 aliphatic carbocycles. The molecular weight excluding hydrogens is 520 g/mol. The molecule has 2 atom stereocenters. The van der Waals surface area contributed by atoms with Crippen LogP contribution in [0.25, 0.3) is 44.8 Å². The Hall–Kier alpha value is -3.88. The second kappa shape index (κ2) is 9.85. The van der Waals surface area contributed by atoms with Crippen LogP contribution in [0.4, 0.5) is 0 Å². The Bertz CT molecular complexity index is 1760. The highest BCUT2D eigenvalue weighted by Crippen LogP contribution is 2.54. The van der Waals surface area contributed by atoms with Crippen molar-refractivity contribution in [2.24, 2.45) is 0 Å². The molecule has 1 unspecified atom stereocenters. The Kier molecular flexibility index (Phi) is 5.79. The number of rotatable bonds is 5. The van der Waals surface area contributed by atoms with Crippen molar-refractivity contribution in [2.45, 2.75) is 75.3 Å². The van der Waals surface area contributed by atoms with Gasteiger partial charge < -0.3 is 20.6 Å². The minimum absolute atomic E-state index is 0.328. The van der Waals surface area contributed by atoms with Crippen molar-refractivity contribution in [1.29, 1.82) is 0 Å². The van der Waals surface area contributed by atoms with E-state index in [1.807, 2.05) is 6.20 Å². The van der Waals surface area contributed by atoms with Gasteiger partial charge in [0.25, 0.3) is 0 Å². The largest absolute Gasteiger partial charge is 0.341 e. The van der Waals surface area contributed by atoms with Gasteiger partial charge >= 0.3 is 0 Å². The maximum absolute atomic E-state index is 4.99. The lowest BCUT2D eigenvalue weighted by Crippen LogP contribution is -2.24. The Labute approximate surface area is 245 Å². The van der Waals surface area contributed by atoms with E-state index in [0.29, 0.717) is 23.9 Å². The molecule has 42 heavy (non-hydrogen) atoms. The lowest BCUT2D eigenvalue weighted by molar-refractivity contribution is 0.358. The van der Waals surface area contributed by atoms with Gasteiger partial charge in [-0.25, -0.2) is 9.97 Å². The minimum atomic E-state index is 0.328. The number of aromatic nitrogens is 6. The molecule has 5 aliphatic rings. The van der Waals surface area contributed by atoms with E-state index in [1.54, 1.807) is 0 Å². The third-order valence-electron chi connectivity index (χ3n) is 10.2. The molecule has 5 heterocycles. The molecule has 2 aliphatic heterocycles. The maximum atomic E-state index is 4.99. The molecule has 212 valence electrons. The average Bonchev–Trinajstić information content (AvgIpc) is 3.87. The highest BCUT2D eigenvalue weighted by Gasteiger charge is 2.38. The summed E-state index contributed by atoms with van der Waals surface area (Å²) in [6.07, 6.45) is 11.6. The number of aromatic amines is 2. The standard InChI is InChI=1S/C34H36N8/c1-3-25(35-15-1)33-37-18-28(40-33)19-5-11-22(12-6-19)31-29-20-7-9-21(10-8-20)30(29)32(42-41-31)23-13-14-24-27(17-23)39-34(38-24)26-4-2-16-36-26/h5-6,11-14,17-18,20-21,25-26,35-36H,1-4,7-10,15-16H2,(H,37,40)(H,38,39)/t20?,21?,25?,26-/m0/s1. The zero-order chi connectivity index (χ0) is 27.6. The molecule has 8 nitrogen and oxygen atoms in total. The summed E-state index contributed by atoms with van der Waals surface area (Å²) in [5.41, 5.74) is 11.6. The summed E-state index contributed by atoms with van der Waals surface area (Å²) in [5.74, 6) is 3.19. The zero-order valence-electron chi connectivity index (χ0n) is 23.8. The third-order valence-corrected chi connectivity index (χ3v) is 10.2. The smallest absolute Gasteiger partial charge is 0.124 e. The summed E-state index contributed by atoms with van der Waals surface area (Å²) >= 11 is 0. The summed E-state index contributed by atoms with van der Waals surface area (Å²) in [6.45, 7) is 2.13. The first-order chi connectivity index (χ1) is 20.8. The van der Waals surface area contributed by atoms with Gasteiger partial charge in [-0.3, -0.25) is 0 Å². The summed E-state index contributed by atoms with van der Waals surface area (Å²) in [5, 5.41) is 17.0. The zero-order valence-corrected chi connectivity index (χ0v) is 23.8. The number of hydrogen-bond acceptors (Lipinski definition) is 6. The van der Waals surface area contributed by atoms with E-state index in [9.17, 15) is 0 Å². The molecule has 8 heteroatoms. The molecule has 0 amide bonds. The van der Waals surface area contributed by atoms with Gasteiger partial charge in [0.05, 0.1) is 46.4 Å². The van der Waals surface area contributed by atoms with Gasteiger partial charge in [-0.05, 0) is 105 Å². The van der Waals surface area contributed by atoms with E-state index in [4.69, 9.17) is 15.2 Å². The van der Waals surface area contributed by atoms with Crippen LogP contribution in [0.5, 0.6) is 0 Å². The molecule has 5 aromatic rings. The molecule has 3 aromatic heterocycles. The fraction of sp³-hybridized carbons (Fsp3) is 0.412. The monoisotopic (exact) mass is 556 g/mol. The van der Waals surface area contributed by atoms with Gasteiger partial charge in [-0.15, -0.1) is 10.2 Å².